The zero-order valence-corrected chi connectivity index (χ0v) is 12.6. The molecule has 1 aromatic rings. The number of aromatic nitrogens is 1. The van der Waals surface area contributed by atoms with E-state index in [9.17, 15) is 0 Å². The van der Waals surface area contributed by atoms with Gasteiger partial charge in [0.1, 0.15) is 6.26 Å². The number of nitrogens with zero attached hydrogens (tertiary/aromatic N) is 2. The highest BCUT2D eigenvalue weighted by Crippen LogP contribution is 2.27. The van der Waals surface area contributed by atoms with Crippen LogP contribution in [0.2, 0.25) is 0 Å². The Morgan fingerprint density at radius 2 is 2.21 bits per heavy atom. The van der Waals surface area contributed by atoms with Gasteiger partial charge in [0.05, 0.1) is 5.69 Å². The topological polar surface area (TPSA) is 41.3 Å². The summed E-state index contributed by atoms with van der Waals surface area (Å²) < 4.78 is 5.61. The van der Waals surface area contributed by atoms with Gasteiger partial charge in [-0.05, 0) is 30.7 Å². The van der Waals surface area contributed by atoms with Crippen LogP contribution in [0, 0.1) is 17.8 Å². The second-order valence-corrected chi connectivity index (χ2v) is 6.38. The van der Waals surface area contributed by atoms with Crippen LogP contribution >= 0.6 is 0 Å². The summed E-state index contributed by atoms with van der Waals surface area (Å²) in [7, 11) is 0. The van der Waals surface area contributed by atoms with Gasteiger partial charge in [-0.25, -0.2) is 0 Å². The molecule has 4 nitrogen and oxygen atoms in total. The van der Waals surface area contributed by atoms with E-state index in [0.29, 0.717) is 5.92 Å². The molecule has 1 atom stereocenters. The largest absolute Gasteiger partial charge is 0.432 e. The first-order valence-electron chi connectivity index (χ1n) is 7.46. The van der Waals surface area contributed by atoms with Gasteiger partial charge in [-0.3, -0.25) is 0 Å². The van der Waals surface area contributed by atoms with Gasteiger partial charge in [-0.1, -0.05) is 27.7 Å². The Morgan fingerprint density at radius 1 is 1.42 bits per heavy atom. The van der Waals surface area contributed by atoms with E-state index in [2.05, 4.69) is 42.9 Å². The van der Waals surface area contributed by atoms with E-state index in [-0.39, 0.29) is 0 Å². The zero-order valence-electron chi connectivity index (χ0n) is 12.6. The average molecular weight is 265 g/mol. The minimum Gasteiger partial charge on any atom is -0.432 e. The molecule has 0 saturated carbocycles. The van der Waals surface area contributed by atoms with Crippen LogP contribution in [-0.4, -0.2) is 24.6 Å². The van der Waals surface area contributed by atoms with E-state index >= 15 is 0 Å². The second kappa shape index (κ2) is 6.42. The lowest BCUT2D eigenvalue weighted by molar-refractivity contribution is 0.420. The van der Waals surface area contributed by atoms with Gasteiger partial charge in [0, 0.05) is 19.6 Å². The second-order valence-electron chi connectivity index (χ2n) is 6.38. The fourth-order valence-electron chi connectivity index (χ4n) is 2.52. The summed E-state index contributed by atoms with van der Waals surface area (Å²) in [6.07, 6.45) is 3.03. The van der Waals surface area contributed by atoms with E-state index in [1.54, 1.807) is 6.26 Å². The van der Waals surface area contributed by atoms with Crippen LogP contribution < -0.4 is 10.2 Å². The molecule has 0 aliphatic carbocycles. The van der Waals surface area contributed by atoms with Gasteiger partial charge in [-0.15, -0.1) is 0 Å². The molecule has 0 spiro atoms. The summed E-state index contributed by atoms with van der Waals surface area (Å²) in [5.41, 5.74) is 1.00. The van der Waals surface area contributed by atoms with Crippen molar-refractivity contribution in [2.24, 2.45) is 17.8 Å². The van der Waals surface area contributed by atoms with Gasteiger partial charge < -0.3 is 14.6 Å². The molecule has 0 amide bonds. The molecule has 0 aromatic carbocycles. The molecule has 1 aliphatic heterocycles. The van der Waals surface area contributed by atoms with Gasteiger partial charge in [0.25, 0.3) is 6.01 Å². The number of anilines is 1. The third-order valence-electron chi connectivity index (χ3n) is 3.84. The van der Waals surface area contributed by atoms with Crippen LogP contribution in [-0.2, 0) is 6.54 Å². The van der Waals surface area contributed by atoms with Gasteiger partial charge in [0.2, 0.25) is 0 Å². The smallest absolute Gasteiger partial charge is 0.297 e. The molecule has 1 aliphatic rings. The standard InChI is InChI=1S/C15H27N3O/c1-11(2)7-16-8-14-10-19-15(17-14)18-6-5-13(9-18)12(3)4/h10-13,16H,5-9H2,1-4H3. The lowest BCUT2D eigenvalue weighted by atomic mass is 9.95. The molecule has 0 bridgehead atoms. The maximum Gasteiger partial charge on any atom is 0.297 e. The Labute approximate surface area is 116 Å². The van der Waals surface area contributed by atoms with Crippen LogP contribution in [0.25, 0.3) is 0 Å². The highest BCUT2D eigenvalue weighted by molar-refractivity contribution is 5.29. The molecule has 1 unspecified atom stereocenters. The number of hydrogen-bond donors (Lipinski definition) is 1. The van der Waals surface area contributed by atoms with Crippen molar-refractivity contribution in [2.75, 3.05) is 24.5 Å². The third kappa shape index (κ3) is 3.96. The predicted octanol–water partition coefficient (Wildman–Crippen LogP) is 2.90. The summed E-state index contributed by atoms with van der Waals surface area (Å²) >= 11 is 0. The molecular weight excluding hydrogens is 238 g/mol. The monoisotopic (exact) mass is 265 g/mol. The summed E-state index contributed by atoms with van der Waals surface area (Å²) in [6.45, 7) is 13.0. The van der Waals surface area contributed by atoms with E-state index in [4.69, 9.17) is 4.42 Å². The quantitative estimate of drug-likeness (QED) is 0.858. The Bertz CT molecular complexity index is 386. The van der Waals surface area contributed by atoms with Crippen molar-refractivity contribution >= 4 is 6.01 Å². The van der Waals surface area contributed by atoms with Crippen LogP contribution in [0.4, 0.5) is 6.01 Å². The molecule has 4 heteroatoms. The first kappa shape index (κ1) is 14.4. The maximum absolute atomic E-state index is 5.61. The van der Waals surface area contributed by atoms with Gasteiger partial charge in [-0.2, -0.15) is 4.98 Å². The van der Waals surface area contributed by atoms with Crippen molar-refractivity contribution < 1.29 is 4.42 Å². The maximum atomic E-state index is 5.61. The SMILES string of the molecule is CC(C)CNCc1coc(N2CCC(C(C)C)C2)n1. The highest BCUT2D eigenvalue weighted by atomic mass is 16.4. The van der Waals surface area contributed by atoms with Crippen molar-refractivity contribution in [1.82, 2.24) is 10.3 Å². The average Bonchev–Trinajstić information content (AvgIpc) is 2.95. The van der Waals surface area contributed by atoms with E-state index < -0.39 is 0 Å². The Kier molecular flexibility index (Phi) is 4.86. The molecule has 1 N–H and O–H groups in total. The lowest BCUT2D eigenvalue weighted by Gasteiger charge is -2.15. The van der Waals surface area contributed by atoms with Crippen LogP contribution in [0.3, 0.4) is 0 Å². The zero-order chi connectivity index (χ0) is 13.8. The molecule has 0 radical (unpaired) electrons. The van der Waals surface area contributed by atoms with Crippen LogP contribution in [0.1, 0.15) is 39.8 Å². The van der Waals surface area contributed by atoms with Crippen LogP contribution in [0.15, 0.2) is 10.7 Å². The Balaban J connectivity index is 1.84. The highest BCUT2D eigenvalue weighted by Gasteiger charge is 2.27. The van der Waals surface area contributed by atoms with Crippen LogP contribution in [0.5, 0.6) is 0 Å². The first-order chi connectivity index (χ1) is 9.06. The molecule has 19 heavy (non-hydrogen) atoms. The Morgan fingerprint density at radius 3 is 2.84 bits per heavy atom. The van der Waals surface area contributed by atoms with Crippen molar-refractivity contribution in [3.63, 3.8) is 0 Å². The number of hydrogen-bond acceptors (Lipinski definition) is 4. The number of nitrogens with one attached hydrogen (secondary N) is 1. The lowest BCUT2D eigenvalue weighted by Crippen LogP contribution is -2.22. The van der Waals surface area contributed by atoms with Crippen molar-refractivity contribution in [2.45, 2.75) is 40.7 Å². The van der Waals surface area contributed by atoms with Crippen molar-refractivity contribution in [3.8, 4) is 0 Å². The Hall–Kier alpha value is -1.03. The molecule has 2 rings (SSSR count). The molecule has 1 aromatic heterocycles. The minimum atomic E-state index is 0.664. The molecule has 108 valence electrons. The van der Waals surface area contributed by atoms with Gasteiger partial charge >= 0.3 is 0 Å². The van der Waals surface area contributed by atoms with Crippen molar-refractivity contribution in [3.05, 3.63) is 12.0 Å². The van der Waals surface area contributed by atoms with E-state index in [1.807, 2.05) is 0 Å². The minimum absolute atomic E-state index is 0.664. The first-order valence-corrected chi connectivity index (χ1v) is 7.46. The number of oxazole rings is 1. The summed E-state index contributed by atoms with van der Waals surface area (Å²) in [4.78, 5) is 6.85. The predicted molar refractivity (Wildman–Crippen MR) is 78.2 cm³/mol. The van der Waals surface area contributed by atoms with Gasteiger partial charge in [0.15, 0.2) is 0 Å². The molecule has 2 heterocycles. The fourth-order valence-corrected chi connectivity index (χ4v) is 2.52. The summed E-state index contributed by atoms with van der Waals surface area (Å²) in [5, 5.41) is 3.39. The van der Waals surface area contributed by atoms with E-state index in [1.165, 1.54) is 6.42 Å². The third-order valence-corrected chi connectivity index (χ3v) is 3.84. The normalized spacial score (nSPS) is 19.9. The van der Waals surface area contributed by atoms with E-state index in [0.717, 1.165) is 49.7 Å². The fraction of sp³-hybridized carbons (Fsp3) is 0.800. The molecular formula is C15H27N3O. The summed E-state index contributed by atoms with van der Waals surface area (Å²) in [6, 6.07) is 0.796. The van der Waals surface area contributed by atoms with Crippen molar-refractivity contribution in [1.29, 1.82) is 0 Å². The summed E-state index contributed by atoms with van der Waals surface area (Å²) in [5.74, 6) is 2.18. The molecule has 1 fully saturated rings. The number of rotatable bonds is 6. The molecule has 1 saturated heterocycles.